The maximum atomic E-state index is 13.2. The Morgan fingerprint density at radius 1 is 1.00 bits per heavy atom. The van der Waals surface area contributed by atoms with Gasteiger partial charge >= 0.3 is 0 Å². The SMILES string of the molecule is CCOc1ccc([C@H]2C(=C(O)c3ccccc3)C(=O)C(=O)N2CCCn2ccnc2)cc1OCC. The minimum Gasteiger partial charge on any atom is -0.507 e. The zero-order valence-electron chi connectivity index (χ0n) is 19.9. The first kappa shape index (κ1) is 24.1. The predicted octanol–water partition coefficient (Wildman–Crippen LogP) is 4.19. The molecule has 1 saturated heterocycles. The number of hydrogen-bond acceptors (Lipinski definition) is 6. The van der Waals surface area contributed by atoms with Crippen LogP contribution in [0.4, 0.5) is 0 Å². The van der Waals surface area contributed by atoms with Crippen LogP contribution in [0.3, 0.4) is 0 Å². The van der Waals surface area contributed by atoms with E-state index >= 15 is 0 Å². The first-order chi connectivity index (χ1) is 17.0. The fraction of sp³-hybridized carbons (Fsp3) is 0.296. The highest BCUT2D eigenvalue weighted by Gasteiger charge is 2.46. The average Bonchev–Trinajstić information content (AvgIpc) is 3.48. The minimum absolute atomic E-state index is 0.0652. The Labute approximate surface area is 204 Å². The van der Waals surface area contributed by atoms with Crippen molar-refractivity contribution in [2.75, 3.05) is 19.8 Å². The molecule has 0 unspecified atom stereocenters. The van der Waals surface area contributed by atoms with E-state index in [9.17, 15) is 14.7 Å². The summed E-state index contributed by atoms with van der Waals surface area (Å²) in [5.74, 6) is -0.428. The van der Waals surface area contributed by atoms with E-state index in [1.807, 2.05) is 36.7 Å². The Kier molecular flexibility index (Phi) is 7.50. The molecule has 182 valence electrons. The summed E-state index contributed by atoms with van der Waals surface area (Å²) < 4.78 is 13.4. The Balaban J connectivity index is 1.77. The lowest BCUT2D eigenvalue weighted by Gasteiger charge is -2.26. The zero-order valence-corrected chi connectivity index (χ0v) is 19.9. The van der Waals surface area contributed by atoms with Gasteiger partial charge in [0.25, 0.3) is 11.7 Å². The molecule has 4 rings (SSSR count). The first-order valence-electron chi connectivity index (χ1n) is 11.7. The van der Waals surface area contributed by atoms with Crippen molar-refractivity contribution < 1.29 is 24.2 Å². The van der Waals surface area contributed by atoms with Crippen molar-refractivity contribution in [3.63, 3.8) is 0 Å². The van der Waals surface area contributed by atoms with Gasteiger partial charge in [0.2, 0.25) is 0 Å². The smallest absolute Gasteiger partial charge is 0.295 e. The normalized spacial score (nSPS) is 17.1. The maximum Gasteiger partial charge on any atom is 0.295 e. The van der Waals surface area contributed by atoms with E-state index in [4.69, 9.17) is 9.47 Å². The van der Waals surface area contributed by atoms with Crippen molar-refractivity contribution in [3.8, 4) is 11.5 Å². The van der Waals surface area contributed by atoms with E-state index in [-0.39, 0.29) is 11.3 Å². The molecule has 1 aromatic heterocycles. The van der Waals surface area contributed by atoms with Gasteiger partial charge in [0.1, 0.15) is 5.76 Å². The number of aliphatic hydroxyl groups is 1. The van der Waals surface area contributed by atoms with Crippen LogP contribution in [0.5, 0.6) is 11.5 Å². The van der Waals surface area contributed by atoms with E-state index < -0.39 is 17.7 Å². The number of carbonyl (C=O) groups excluding carboxylic acids is 2. The zero-order chi connectivity index (χ0) is 24.8. The van der Waals surface area contributed by atoms with Gasteiger partial charge in [0.15, 0.2) is 11.5 Å². The standard InChI is InChI=1S/C27H29N3O5/c1-3-34-21-12-11-20(17-22(21)35-4-2)24-23(25(31)19-9-6-5-7-10-19)26(32)27(33)30(24)15-8-14-29-16-13-28-18-29/h5-7,9-13,16-18,24,31H,3-4,8,14-15H2,1-2H3/t24-/m0/s1. The van der Waals surface area contributed by atoms with Gasteiger partial charge < -0.3 is 24.0 Å². The number of rotatable bonds is 10. The van der Waals surface area contributed by atoms with Crippen molar-refractivity contribution >= 4 is 17.4 Å². The van der Waals surface area contributed by atoms with Gasteiger partial charge in [-0.05, 0) is 38.0 Å². The molecule has 1 N–H and O–H groups in total. The molecule has 0 radical (unpaired) electrons. The molecule has 1 aliphatic rings. The highest BCUT2D eigenvalue weighted by atomic mass is 16.5. The lowest BCUT2D eigenvalue weighted by molar-refractivity contribution is -0.139. The molecular formula is C27H29N3O5. The molecule has 0 bridgehead atoms. The topological polar surface area (TPSA) is 93.9 Å². The van der Waals surface area contributed by atoms with Crippen LogP contribution in [0.25, 0.3) is 5.76 Å². The molecule has 1 aliphatic heterocycles. The third-order valence-electron chi connectivity index (χ3n) is 5.84. The molecule has 0 spiro atoms. The summed E-state index contributed by atoms with van der Waals surface area (Å²) in [5.41, 5.74) is 1.21. The second-order valence-electron chi connectivity index (χ2n) is 8.08. The molecule has 2 aromatic carbocycles. The van der Waals surface area contributed by atoms with Crippen LogP contribution in [0.2, 0.25) is 0 Å². The summed E-state index contributed by atoms with van der Waals surface area (Å²) in [6.07, 6.45) is 5.87. The van der Waals surface area contributed by atoms with E-state index in [0.29, 0.717) is 55.4 Å². The number of ketones is 1. The van der Waals surface area contributed by atoms with Gasteiger partial charge in [-0.2, -0.15) is 0 Å². The van der Waals surface area contributed by atoms with Crippen LogP contribution in [0, 0.1) is 0 Å². The number of likely N-dealkylation sites (tertiary alicyclic amines) is 1. The van der Waals surface area contributed by atoms with Crippen LogP contribution in [0.15, 0.2) is 72.8 Å². The van der Waals surface area contributed by atoms with Gasteiger partial charge in [-0.1, -0.05) is 36.4 Å². The molecule has 3 aromatic rings. The van der Waals surface area contributed by atoms with Gasteiger partial charge in [-0.25, -0.2) is 4.98 Å². The van der Waals surface area contributed by atoms with Crippen LogP contribution >= 0.6 is 0 Å². The molecule has 1 amide bonds. The number of aryl methyl sites for hydroxylation is 1. The third kappa shape index (κ3) is 5.06. The number of ether oxygens (including phenoxy) is 2. The molecule has 0 saturated carbocycles. The average molecular weight is 476 g/mol. The first-order valence-corrected chi connectivity index (χ1v) is 11.7. The summed E-state index contributed by atoms with van der Waals surface area (Å²) in [6.45, 7) is 5.63. The number of nitrogens with zero attached hydrogens (tertiary/aromatic N) is 3. The molecule has 1 atom stereocenters. The number of aliphatic hydroxyl groups excluding tert-OH is 1. The summed E-state index contributed by atoms with van der Waals surface area (Å²) in [6, 6.07) is 13.4. The lowest BCUT2D eigenvalue weighted by Crippen LogP contribution is -2.31. The summed E-state index contributed by atoms with van der Waals surface area (Å²) >= 11 is 0. The van der Waals surface area contributed by atoms with E-state index in [1.165, 1.54) is 4.90 Å². The number of imidazole rings is 1. The largest absolute Gasteiger partial charge is 0.507 e. The van der Waals surface area contributed by atoms with Gasteiger partial charge in [-0.15, -0.1) is 0 Å². The molecule has 0 aliphatic carbocycles. The number of benzene rings is 2. The summed E-state index contributed by atoms with van der Waals surface area (Å²) in [4.78, 5) is 31.9. The fourth-order valence-electron chi connectivity index (χ4n) is 4.29. The summed E-state index contributed by atoms with van der Waals surface area (Å²) in [7, 11) is 0. The third-order valence-corrected chi connectivity index (χ3v) is 5.84. The lowest BCUT2D eigenvalue weighted by atomic mass is 9.95. The number of carbonyl (C=O) groups is 2. The van der Waals surface area contributed by atoms with Crippen LogP contribution < -0.4 is 9.47 Å². The molecule has 8 heteroatoms. The maximum absolute atomic E-state index is 13.2. The Morgan fingerprint density at radius 3 is 2.43 bits per heavy atom. The molecule has 2 heterocycles. The second kappa shape index (κ2) is 10.9. The summed E-state index contributed by atoms with van der Waals surface area (Å²) in [5, 5.41) is 11.2. The monoisotopic (exact) mass is 475 g/mol. The van der Waals surface area contributed by atoms with Crippen LogP contribution in [-0.2, 0) is 16.1 Å². The quantitative estimate of drug-likeness (QED) is 0.268. The van der Waals surface area contributed by atoms with Gasteiger partial charge in [-0.3, -0.25) is 9.59 Å². The number of amides is 1. The Bertz CT molecular complexity index is 1200. The molecule has 1 fully saturated rings. The molecule has 35 heavy (non-hydrogen) atoms. The van der Waals surface area contributed by atoms with Crippen molar-refractivity contribution in [1.29, 1.82) is 0 Å². The van der Waals surface area contributed by atoms with Gasteiger partial charge in [0, 0.05) is 31.0 Å². The number of Topliss-reactive ketones (excluding diaryl/α,β-unsaturated/α-hetero) is 1. The Hall–Kier alpha value is -4.07. The minimum atomic E-state index is -0.757. The highest BCUT2D eigenvalue weighted by molar-refractivity contribution is 6.46. The predicted molar refractivity (Wildman–Crippen MR) is 131 cm³/mol. The van der Waals surface area contributed by atoms with Crippen molar-refractivity contribution in [3.05, 3.63) is 84.0 Å². The Morgan fingerprint density at radius 2 is 1.74 bits per heavy atom. The van der Waals surface area contributed by atoms with E-state index in [1.54, 1.807) is 48.9 Å². The molecule has 8 nitrogen and oxygen atoms in total. The highest BCUT2D eigenvalue weighted by Crippen LogP contribution is 2.42. The van der Waals surface area contributed by atoms with Crippen molar-refractivity contribution in [2.45, 2.75) is 32.9 Å². The van der Waals surface area contributed by atoms with Gasteiger partial charge in [0.05, 0.1) is 31.2 Å². The van der Waals surface area contributed by atoms with E-state index in [2.05, 4.69) is 4.98 Å². The molecular weight excluding hydrogens is 446 g/mol. The number of aromatic nitrogens is 2. The van der Waals surface area contributed by atoms with Crippen molar-refractivity contribution in [2.24, 2.45) is 0 Å². The van der Waals surface area contributed by atoms with Crippen molar-refractivity contribution in [1.82, 2.24) is 14.5 Å². The van der Waals surface area contributed by atoms with Crippen LogP contribution in [0.1, 0.15) is 37.4 Å². The second-order valence-corrected chi connectivity index (χ2v) is 8.08. The van der Waals surface area contributed by atoms with Crippen LogP contribution in [-0.4, -0.2) is 51.0 Å². The number of hydrogen-bond donors (Lipinski definition) is 1. The van der Waals surface area contributed by atoms with E-state index in [0.717, 1.165) is 0 Å². The fourth-order valence-corrected chi connectivity index (χ4v) is 4.29.